The highest BCUT2D eigenvalue weighted by Gasteiger charge is 2.55. The Bertz CT molecular complexity index is 1760. The number of nitrogens with zero attached hydrogens (tertiary/aromatic N) is 1. The van der Waals surface area contributed by atoms with Crippen LogP contribution >= 0.6 is 0 Å². The van der Waals surface area contributed by atoms with Gasteiger partial charge in [0.1, 0.15) is 11.5 Å². The molecule has 5 aromatic rings. The predicted octanol–water partition coefficient (Wildman–Crippen LogP) is 8.33. The number of carbonyl (C=O) groups excluding carboxylic acids is 1. The van der Waals surface area contributed by atoms with Gasteiger partial charge in [0, 0.05) is 29.5 Å². The number of nitrogens with one attached hydrogen (secondary N) is 1. The van der Waals surface area contributed by atoms with Gasteiger partial charge in [0.15, 0.2) is 5.60 Å². The van der Waals surface area contributed by atoms with Crippen molar-refractivity contribution < 1.29 is 14.3 Å². The number of aryl methyl sites for hydroxylation is 1. The molecule has 1 atom stereocenters. The molecule has 0 saturated heterocycles. The van der Waals surface area contributed by atoms with E-state index in [0.717, 1.165) is 45.9 Å². The van der Waals surface area contributed by atoms with Crippen LogP contribution in [0, 0.1) is 0 Å². The predicted molar refractivity (Wildman–Crippen MR) is 158 cm³/mol. The fraction of sp³-hybridized carbons (Fsp3) is 0.114. The van der Waals surface area contributed by atoms with Gasteiger partial charge in [-0.05, 0) is 60.5 Å². The number of hydrogen-bond acceptors (Lipinski definition) is 5. The molecule has 196 valence electrons. The lowest BCUT2D eigenvalue weighted by atomic mass is 9.76. The van der Waals surface area contributed by atoms with Gasteiger partial charge in [-0.1, -0.05) is 73.7 Å². The van der Waals surface area contributed by atoms with E-state index < -0.39 is 5.60 Å². The molecule has 1 N–H and O–H groups in total. The maximum atomic E-state index is 13.5. The van der Waals surface area contributed by atoms with Crippen molar-refractivity contribution in [2.24, 2.45) is 0 Å². The molecular formula is C35H28N2O3. The van der Waals surface area contributed by atoms with Crippen LogP contribution < -0.4 is 15.0 Å². The molecule has 2 heterocycles. The number of anilines is 4. The zero-order valence-electron chi connectivity index (χ0n) is 22.3. The second-order valence-electron chi connectivity index (χ2n) is 10.1. The van der Waals surface area contributed by atoms with Gasteiger partial charge in [0.05, 0.1) is 22.5 Å². The Morgan fingerprint density at radius 1 is 0.775 bits per heavy atom. The van der Waals surface area contributed by atoms with E-state index in [1.807, 2.05) is 85.9 Å². The molecule has 2 aliphatic heterocycles. The minimum absolute atomic E-state index is 0.347. The molecule has 5 aromatic carbocycles. The quantitative estimate of drug-likeness (QED) is 0.234. The van der Waals surface area contributed by atoms with E-state index in [2.05, 4.69) is 53.5 Å². The first kappa shape index (κ1) is 24.0. The number of esters is 1. The van der Waals surface area contributed by atoms with Crippen molar-refractivity contribution in [2.45, 2.75) is 18.9 Å². The summed E-state index contributed by atoms with van der Waals surface area (Å²) < 4.78 is 13.0. The van der Waals surface area contributed by atoms with Crippen molar-refractivity contribution in [2.75, 3.05) is 17.3 Å². The summed E-state index contributed by atoms with van der Waals surface area (Å²) in [4.78, 5) is 15.6. The average molecular weight is 525 g/mol. The monoisotopic (exact) mass is 524 g/mol. The van der Waals surface area contributed by atoms with E-state index in [1.54, 1.807) is 0 Å². The zero-order chi connectivity index (χ0) is 27.3. The lowest BCUT2D eigenvalue weighted by Gasteiger charge is -2.40. The molecule has 7 rings (SSSR count). The Morgan fingerprint density at radius 2 is 1.52 bits per heavy atom. The first-order chi connectivity index (χ1) is 19.6. The summed E-state index contributed by atoms with van der Waals surface area (Å²) in [7, 11) is 2.04. The van der Waals surface area contributed by atoms with Crippen molar-refractivity contribution in [3.05, 3.63) is 143 Å². The molecule has 0 bridgehead atoms. The maximum Gasteiger partial charge on any atom is 0.340 e. The Balaban J connectivity index is 1.54. The van der Waals surface area contributed by atoms with E-state index in [4.69, 9.17) is 9.47 Å². The maximum absolute atomic E-state index is 13.5. The van der Waals surface area contributed by atoms with Crippen LogP contribution in [-0.2, 0) is 16.8 Å². The molecule has 5 heteroatoms. The van der Waals surface area contributed by atoms with Crippen LogP contribution in [0.2, 0.25) is 0 Å². The fourth-order valence-electron chi connectivity index (χ4n) is 5.95. The molecular weight excluding hydrogens is 496 g/mol. The van der Waals surface area contributed by atoms with Crippen molar-refractivity contribution >= 4 is 28.7 Å². The number of carbonyl (C=O) groups is 1. The molecule has 0 aliphatic carbocycles. The summed E-state index contributed by atoms with van der Waals surface area (Å²) in [6, 6.07) is 38.1. The molecule has 0 fully saturated rings. The van der Waals surface area contributed by atoms with Crippen molar-refractivity contribution in [3.63, 3.8) is 0 Å². The highest BCUT2D eigenvalue weighted by molar-refractivity contribution is 5.99. The third-order valence-corrected chi connectivity index (χ3v) is 7.84. The Kier molecular flexibility index (Phi) is 5.60. The fourth-order valence-corrected chi connectivity index (χ4v) is 5.95. The van der Waals surface area contributed by atoms with Gasteiger partial charge in [-0.15, -0.1) is 0 Å². The summed E-state index contributed by atoms with van der Waals surface area (Å²) in [6.45, 7) is 2.15. The third-order valence-electron chi connectivity index (χ3n) is 7.84. The number of ether oxygens (including phenoxy) is 2. The largest absolute Gasteiger partial charge is 0.456 e. The van der Waals surface area contributed by atoms with Gasteiger partial charge >= 0.3 is 5.97 Å². The first-order valence-electron chi connectivity index (χ1n) is 13.5. The second-order valence-corrected chi connectivity index (χ2v) is 10.1. The number of benzene rings is 5. The van der Waals surface area contributed by atoms with E-state index >= 15 is 0 Å². The number of hydrogen-bond donors (Lipinski definition) is 1. The van der Waals surface area contributed by atoms with E-state index in [0.29, 0.717) is 17.1 Å². The van der Waals surface area contributed by atoms with Crippen LogP contribution in [0.5, 0.6) is 11.5 Å². The molecule has 1 spiro atoms. The van der Waals surface area contributed by atoms with Crippen LogP contribution in [0.1, 0.15) is 39.5 Å². The van der Waals surface area contributed by atoms with Gasteiger partial charge in [0.25, 0.3) is 0 Å². The Morgan fingerprint density at radius 3 is 2.35 bits per heavy atom. The lowest BCUT2D eigenvalue weighted by molar-refractivity contribution is 0.0226. The molecule has 0 saturated carbocycles. The van der Waals surface area contributed by atoms with Crippen molar-refractivity contribution in [1.29, 1.82) is 0 Å². The lowest BCUT2D eigenvalue weighted by Crippen LogP contribution is -2.35. The standard InChI is InChI=1S/C35H28N2O3/c1-3-23-12-11-13-24(22-23)36-29-20-21-31-32(33(29)37(2)25-14-5-4-6-15-25)35(28-18-9-10-19-30(28)39-31)27-17-8-7-16-26(27)34(38)40-35/h4-22,36H,3H2,1-2H3. The van der Waals surface area contributed by atoms with E-state index in [9.17, 15) is 4.79 Å². The third kappa shape index (κ3) is 3.58. The summed E-state index contributed by atoms with van der Waals surface area (Å²) >= 11 is 0. The Hall–Kier alpha value is -5.03. The van der Waals surface area contributed by atoms with Gasteiger partial charge in [0.2, 0.25) is 0 Å². The number of fused-ring (bicyclic) bond motifs is 6. The molecule has 2 aliphatic rings. The van der Waals surface area contributed by atoms with Crippen LogP contribution in [0.3, 0.4) is 0 Å². The second kappa shape index (κ2) is 9.31. The van der Waals surface area contributed by atoms with E-state index in [1.165, 1.54) is 5.56 Å². The topological polar surface area (TPSA) is 50.8 Å². The van der Waals surface area contributed by atoms with Crippen molar-refractivity contribution in [1.82, 2.24) is 0 Å². The SMILES string of the molecule is CCc1cccc(Nc2ccc3c(c2N(C)c2ccccc2)C2(OC(=O)c4ccccc42)c2ccccc2O3)c1. The number of para-hydroxylation sites is 2. The van der Waals surface area contributed by atoms with Crippen molar-refractivity contribution in [3.8, 4) is 11.5 Å². The zero-order valence-corrected chi connectivity index (χ0v) is 22.3. The molecule has 5 nitrogen and oxygen atoms in total. The average Bonchev–Trinajstić information content (AvgIpc) is 3.30. The minimum atomic E-state index is -1.18. The molecule has 0 radical (unpaired) electrons. The van der Waals surface area contributed by atoms with Gasteiger partial charge in [-0.25, -0.2) is 4.79 Å². The first-order valence-corrected chi connectivity index (χ1v) is 13.5. The highest BCUT2D eigenvalue weighted by Crippen LogP contribution is 2.60. The smallest absolute Gasteiger partial charge is 0.340 e. The van der Waals surface area contributed by atoms with Gasteiger partial charge in [-0.2, -0.15) is 0 Å². The van der Waals surface area contributed by atoms with Crippen LogP contribution in [0.4, 0.5) is 22.7 Å². The summed E-state index contributed by atoms with van der Waals surface area (Å²) in [6.07, 6.45) is 0.941. The van der Waals surface area contributed by atoms with Crippen LogP contribution in [0.25, 0.3) is 0 Å². The van der Waals surface area contributed by atoms with Crippen LogP contribution in [-0.4, -0.2) is 13.0 Å². The van der Waals surface area contributed by atoms with Crippen LogP contribution in [0.15, 0.2) is 115 Å². The van der Waals surface area contributed by atoms with Gasteiger partial charge < -0.3 is 19.7 Å². The summed E-state index contributed by atoms with van der Waals surface area (Å²) in [5, 5.41) is 3.68. The summed E-state index contributed by atoms with van der Waals surface area (Å²) in [5.41, 5.74) is 6.74. The normalized spacial score (nSPS) is 16.4. The minimum Gasteiger partial charge on any atom is -0.456 e. The molecule has 0 amide bonds. The van der Waals surface area contributed by atoms with Gasteiger partial charge in [-0.3, -0.25) is 0 Å². The van der Waals surface area contributed by atoms with E-state index in [-0.39, 0.29) is 5.97 Å². The highest BCUT2D eigenvalue weighted by atomic mass is 16.6. The number of rotatable bonds is 5. The summed E-state index contributed by atoms with van der Waals surface area (Å²) in [5.74, 6) is 0.971. The molecule has 0 aromatic heterocycles. The molecule has 1 unspecified atom stereocenters. The molecule has 40 heavy (non-hydrogen) atoms. The Labute approximate surface area is 233 Å².